The normalized spacial score (nSPS) is 23.7. The van der Waals surface area contributed by atoms with E-state index in [1.54, 1.807) is 17.9 Å². The van der Waals surface area contributed by atoms with E-state index in [9.17, 15) is 14.7 Å². The van der Waals surface area contributed by atoms with Crippen molar-refractivity contribution >= 4 is 52.6 Å². The third kappa shape index (κ3) is 2.94. The van der Waals surface area contributed by atoms with Gasteiger partial charge in [0.25, 0.3) is 5.91 Å². The van der Waals surface area contributed by atoms with Gasteiger partial charge in [0.2, 0.25) is 5.41 Å². The van der Waals surface area contributed by atoms with Gasteiger partial charge in [0.05, 0.1) is 0 Å². The first kappa shape index (κ1) is 18.8. The molecule has 3 heterocycles. The van der Waals surface area contributed by atoms with Crippen molar-refractivity contribution in [2.75, 3.05) is 11.5 Å². The van der Waals surface area contributed by atoms with Gasteiger partial charge in [-0.25, -0.2) is 4.79 Å². The van der Waals surface area contributed by atoms with E-state index in [4.69, 9.17) is 17.5 Å². The molecule has 4 rings (SSSR count). The van der Waals surface area contributed by atoms with E-state index in [2.05, 4.69) is 27.4 Å². The lowest BCUT2D eigenvalue weighted by molar-refractivity contribution is -0.148. The van der Waals surface area contributed by atoms with Gasteiger partial charge < -0.3 is 15.0 Å². The fourth-order valence-electron chi connectivity index (χ4n) is 2.88. The van der Waals surface area contributed by atoms with Gasteiger partial charge in [-0.2, -0.15) is 5.26 Å². The van der Waals surface area contributed by atoms with Gasteiger partial charge in [-0.3, -0.25) is 9.69 Å². The molecule has 0 bridgehead atoms. The minimum absolute atomic E-state index is 0.00468. The summed E-state index contributed by atoms with van der Waals surface area (Å²) in [5.74, 6) is 4.61. The number of hydrogen-bond donors (Lipinski definition) is 2. The summed E-state index contributed by atoms with van der Waals surface area (Å²) < 4.78 is 1.74. The van der Waals surface area contributed by atoms with E-state index in [1.807, 2.05) is 6.07 Å². The van der Waals surface area contributed by atoms with Crippen LogP contribution in [0.5, 0.6) is 0 Å². The molecule has 12 heteroatoms. The molecule has 0 aromatic carbocycles. The number of fused-ring (bicyclic) bond motifs is 1. The molecule has 0 saturated carbocycles. The molecule has 1 amide bonds. The number of carboxylic acids is 1. The Hall–Kier alpha value is -2.54. The van der Waals surface area contributed by atoms with Crippen LogP contribution in [0.25, 0.3) is 0 Å². The smallest absolute Gasteiger partial charge is 0.352 e. The van der Waals surface area contributed by atoms with Crippen LogP contribution in [0.1, 0.15) is 0 Å². The first-order valence-electron chi connectivity index (χ1n) is 8.01. The molecule has 1 fully saturated rings. The number of thioether (sulfide) groups is 2. The van der Waals surface area contributed by atoms with Crippen molar-refractivity contribution in [3.8, 4) is 17.9 Å². The Labute approximate surface area is 173 Å². The van der Waals surface area contributed by atoms with Gasteiger partial charge in [-0.1, -0.05) is 35.8 Å². The van der Waals surface area contributed by atoms with E-state index >= 15 is 0 Å². The number of nitrogens with zero attached hydrogens (tertiary/aromatic N) is 5. The second kappa shape index (κ2) is 6.81. The van der Waals surface area contributed by atoms with Gasteiger partial charge in [-0.05, 0) is 5.57 Å². The maximum absolute atomic E-state index is 12.7. The minimum atomic E-state index is -1.15. The van der Waals surface area contributed by atoms with Crippen LogP contribution in [0.4, 0.5) is 0 Å². The van der Waals surface area contributed by atoms with Gasteiger partial charge in [0, 0.05) is 18.6 Å². The molecule has 1 aliphatic carbocycles. The number of amides is 1. The minimum Gasteiger partial charge on any atom is -0.477 e. The predicted octanol–water partition coefficient (Wildman–Crippen LogP) is -0.0264. The van der Waals surface area contributed by atoms with Crippen LogP contribution < -0.4 is 5.32 Å². The molecule has 1 saturated heterocycles. The van der Waals surface area contributed by atoms with Crippen LogP contribution in [0, 0.1) is 28.6 Å². The summed E-state index contributed by atoms with van der Waals surface area (Å²) in [7, 11) is 1.80. The number of thiocarbonyl (C=S) groups is 1. The van der Waals surface area contributed by atoms with Crippen LogP contribution in [-0.4, -0.2) is 64.6 Å². The maximum Gasteiger partial charge on any atom is 0.352 e. The molecule has 2 atom stereocenters. The van der Waals surface area contributed by atoms with Gasteiger partial charge in [0.1, 0.15) is 34.5 Å². The fourth-order valence-corrected chi connectivity index (χ4v) is 5.53. The number of carbonyl (C=O) groups excluding carboxylic acids is 1. The number of rotatable bonds is 6. The SMILES string of the molecule is Cn1cnnc1SCC1=C(C(=O)O)N2C(=O)[C@@H](NC(=S)C3(C#N)C#C3)[C@@H]2SC1. The zero-order valence-electron chi connectivity index (χ0n) is 14.4. The summed E-state index contributed by atoms with van der Waals surface area (Å²) in [6.45, 7) is 0. The number of aryl methyl sites for hydroxylation is 1. The Kier molecular flexibility index (Phi) is 4.57. The molecule has 2 aliphatic heterocycles. The number of carboxylic acid groups (broad SMARTS) is 1. The van der Waals surface area contributed by atoms with Crippen LogP contribution in [-0.2, 0) is 16.6 Å². The van der Waals surface area contributed by atoms with Crippen molar-refractivity contribution in [1.29, 1.82) is 5.26 Å². The lowest BCUT2D eigenvalue weighted by Crippen LogP contribution is -2.71. The van der Waals surface area contributed by atoms with E-state index in [1.165, 1.54) is 28.4 Å². The molecule has 0 spiro atoms. The zero-order chi connectivity index (χ0) is 20.1. The molecule has 0 unspecified atom stereocenters. The lowest BCUT2D eigenvalue weighted by Gasteiger charge is -2.50. The van der Waals surface area contributed by atoms with Crippen molar-refractivity contribution in [3.63, 3.8) is 0 Å². The number of nitrogens with one attached hydrogen (secondary N) is 1. The summed E-state index contributed by atoms with van der Waals surface area (Å²) in [4.78, 5) is 26.0. The van der Waals surface area contributed by atoms with Gasteiger partial charge in [0.15, 0.2) is 5.16 Å². The Morgan fingerprint density at radius 2 is 2.39 bits per heavy atom. The molecule has 9 nitrogen and oxygen atoms in total. The lowest BCUT2D eigenvalue weighted by atomic mass is 10.00. The second-order valence-electron chi connectivity index (χ2n) is 6.24. The summed E-state index contributed by atoms with van der Waals surface area (Å²) in [6.07, 6.45) is 1.57. The molecule has 1 aromatic heterocycles. The molecule has 1 aromatic rings. The highest BCUT2D eigenvalue weighted by Gasteiger charge is 2.55. The number of aliphatic carboxylic acids is 1. The summed E-state index contributed by atoms with van der Waals surface area (Å²) in [5.41, 5.74) is -0.501. The van der Waals surface area contributed by atoms with Crippen LogP contribution >= 0.6 is 35.7 Å². The second-order valence-corrected chi connectivity index (χ2v) is 8.70. The average molecular weight is 433 g/mol. The first-order valence-corrected chi connectivity index (χ1v) is 10.5. The van der Waals surface area contributed by atoms with E-state index in [0.717, 1.165) is 0 Å². The Bertz CT molecular complexity index is 1040. The standard InChI is InChI=1S/C16H12N6O3S3/c1-21-7-18-20-15(21)28-5-8-4-27-12-9(11(23)22(12)10(8)13(24)25)19-14(26)16(6-17)2-3-16/h7,9,12H,4-5H2,1H3,(H,19,26)(H,24,25)/t9-,12+/m1/s1. The zero-order valence-corrected chi connectivity index (χ0v) is 16.8. The third-order valence-electron chi connectivity index (χ3n) is 4.47. The molecule has 142 valence electrons. The van der Waals surface area contributed by atoms with Crippen molar-refractivity contribution in [3.05, 3.63) is 17.6 Å². The Balaban J connectivity index is 1.49. The Morgan fingerprint density at radius 1 is 1.64 bits per heavy atom. The molecule has 3 aliphatic rings. The van der Waals surface area contributed by atoms with Crippen LogP contribution in [0.15, 0.2) is 22.8 Å². The predicted molar refractivity (Wildman–Crippen MR) is 105 cm³/mol. The monoisotopic (exact) mass is 432 g/mol. The number of β-lactam (4-membered cyclic amide) rings is 1. The maximum atomic E-state index is 12.7. The van der Waals surface area contributed by atoms with Gasteiger partial charge >= 0.3 is 5.97 Å². The van der Waals surface area contributed by atoms with E-state index in [0.29, 0.717) is 22.2 Å². The van der Waals surface area contributed by atoms with Gasteiger partial charge in [-0.15, -0.1) is 22.0 Å². The first-order chi connectivity index (χ1) is 13.4. The molecule has 28 heavy (non-hydrogen) atoms. The molecular weight excluding hydrogens is 420 g/mol. The highest BCUT2D eigenvalue weighted by Crippen LogP contribution is 2.42. The number of nitriles is 1. The van der Waals surface area contributed by atoms with Crippen molar-refractivity contribution in [2.45, 2.75) is 16.6 Å². The van der Waals surface area contributed by atoms with Crippen molar-refractivity contribution < 1.29 is 14.7 Å². The summed E-state index contributed by atoms with van der Waals surface area (Å²) in [5, 5.41) is 29.7. The van der Waals surface area contributed by atoms with Crippen LogP contribution in [0.2, 0.25) is 0 Å². The van der Waals surface area contributed by atoms with Crippen molar-refractivity contribution in [1.82, 2.24) is 25.0 Å². The average Bonchev–Trinajstić information content (AvgIpc) is 3.39. The third-order valence-corrected chi connectivity index (χ3v) is 7.35. The Morgan fingerprint density at radius 3 is 2.96 bits per heavy atom. The molecule has 0 radical (unpaired) electrons. The highest BCUT2D eigenvalue weighted by atomic mass is 32.2. The summed E-state index contributed by atoms with van der Waals surface area (Å²) >= 11 is 8.01. The number of hydrogen-bond acceptors (Lipinski definition) is 8. The summed E-state index contributed by atoms with van der Waals surface area (Å²) in [6, 6.07) is 1.31. The fraction of sp³-hybridized carbons (Fsp3) is 0.375. The molecular formula is C16H12N6O3S3. The van der Waals surface area contributed by atoms with E-state index < -0.39 is 22.8 Å². The number of carbonyl (C=O) groups is 2. The quantitative estimate of drug-likeness (QED) is 0.274. The van der Waals surface area contributed by atoms with E-state index in [-0.39, 0.29) is 16.6 Å². The largest absolute Gasteiger partial charge is 0.477 e. The molecule has 2 N–H and O–H groups in total. The number of aromatic nitrogens is 3. The van der Waals surface area contributed by atoms with Crippen LogP contribution in [0.3, 0.4) is 0 Å². The van der Waals surface area contributed by atoms with Crippen molar-refractivity contribution in [2.24, 2.45) is 12.5 Å². The topological polar surface area (TPSA) is 124 Å². The highest BCUT2D eigenvalue weighted by molar-refractivity contribution is 8.01.